The monoisotopic (exact) mass is 474 g/mol. The van der Waals surface area contributed by atoms with Crippen molar-refractivity contribution in [3.8, 4) is 11.5 Å². The van der Waals surface area contributed by atoms with Crippen LogP contribution in [0.5, 0.6) is 11.5 Å². The Hall–Kier alpha value is -2.58. The third-order valence-electron chi connectivity index (χ3n) is 5.65. The second-order valence-electron chi connectivity index (χ2n) is 8.70. The van der Waals surface area contributed by atoms with E-state index in [0.717, 1.165) is 37.0 Å². The van der Waals surface area contributed by atoms with Crippen molar-refractivity contribution in [1.82, 2.24) is 9.62 Å². The number of carbonyl (C=O) groups is 1. The minimum absolute atomic E-state index is 0.0379. The average molecular weight is 475 g/mol. The standard InChI is InChI=1S/C25H34N2O5S/c1-18(2)32-22-12-9-20(10-13-22)8-7-19(3)26-25(28)21-11-14-23(31-4)24(17-21)33(29,30)27-15-5-6-16-27/h9-14,17-19H,5-8,15-16H2,1-4H3,(H,26,28). The molecule has 7 nitrogen and oxygen atoms in total. The van der Waals surface area contributed by atoms with Gasteiger partial charge in [-0.2, -0.15) is 4.31 Å². The van der Waals surface area contributed by atoms with Gasteiger partial charge in [0.2, 0.25) is 10.0 Å². The number of aryl methyl sites for hydroxylation is 1. The third-order valence-corrected chi connectivity index (χ3v) is 7.57. The lowest BCUT2D eigenvalue weighted by molar-refractivity contribution is 0.0938. The molecule has 2 aromatic carbocycles. The zero-order valence-corrected chi connectivity index (χ0v) is 20.7. The van der Waals surface area contributed by atoms with Gasteiger partial charge in [0.15, 0.2) is 0 Å². The molecule has 1 amide bonds. The van der Waals surface area contributed by atoms with E-state index in [0.29, 0.717) is 18.7 Å². The van der Waals surface area contributed by atoms with E-state index in [1.807, 2.05) is 45.0 Å². The van der Waals surface area contributed by atoms with Crippen LogP contribution in [-0.4, -0.2) is 51.0 Å². The maximum Gasteiger partial charge on any atom is 0.251 e. The molecule has 0 aliphatic carbocycles. The van der Waals surface area contributed by atoms with Crippen molar-refractivity contribution in [3.05, 3.63) is 53.6 Å². The van der Waals surface area contributed by atoms with E-state index >= 15 is 0 Å². The number of nitrogens with one attached hydrogen (secondary N) is 1. The third kappa shape index (κ3) is 6.48. The van der Waals surface area contributed by atoms with Crippen LogP contribution in [-0.2, 0) is 16.4 Å². The molecule has 1 unspecified atom stereocenters. The largest absolute Gasteiger partial charge is 0.495 e. The number of nitrogens with zero attached hydrogens (tertiary/aromatic N) is 1. The summed E-state index contributed by atoms with van der Waals surface area (Å²) in [5.41, 5.74) is 1.46. The minimum Gasteiger partial charge on any atom is -0.495 e. The summed E-state index contributed by atoms with van der Waals surface area (Å²) in [6, 6.07) is 12.5. The van der Waals surface area contributed by atoms with Crippen molar-refractivity contribution in [1.29, 1.82) is 0 Å². The Bertz CT molecular complexity index is 1040. The van der Waals surface area contributed by atoms with Crippen LogP contribution < -0.4 is 14.8 Å². The van der Waals surface area contributed by atoms with Gasteiger partial charge >= 0.3 is 0 Å². The zero-order chi connectivity index (χ0) is 24.0. The molecule has 0 spiro atoms. The number of sulfonamides is 1. The van der Waals surface area contributed by atoms with E-state index in [1.54, 1.807) is 12.1 Å². The van der Waals surface area contributed by atoms with E-state index in [-0.39, 0.29) is 28.7 Å². The fourth-order valence-corrected chi connectivity index (χ4v) is 5.56. The van der Waals surface area contributed by atoms with Gasteiger partial charge in [0.05, 0.1) is 13.2 Å². The van der Waals surface area contributed by atoms with Gasteiger partial charge < -0.3 is 14.8 Å². The summed E-state index contributed by atoms with van der Waals surface area (Å²) in [6.45, 7) is 6.91. The molecule has 1 heterocycles. The van der Waals surface area contributed by atoms with Crippen molar-refractivity contribution in [2.24, 2.45) is 0 Å². The van der Waals surface area contributed by atoms with Crippen LogP contribution in [0.15, 0.2) is 47.4 Å². The summed E-state index contributed by atoms with van der Waals surface area (Å²) in [7, 11) is -2.27. The Morgan fingerprint density at radius 1 is 1.06 bits per heavy atom. The van der Waals surface area contributed by atoms with Crippen LogP contribution >= 0.6 is 0 Å². The van der Waals surface area contributed by atoms with Crippen LogP contribution in [0.1, 0.15) is 56.0 Å². The first kappa shape index (κ1) is 25.1. The molecule has 0 aromatic heterocycles. The highest BCUT2D eigenvalue weighted by atomic mass is 32.2. The van der Waals surface area contributed by atoms with Crippen LogP contribution in [0.2, 0.25) is 0 Å². The van der Waals surface area contributed by atoms with Gasteiger partial charge in [-0.25, -0.2) is 8.42 Å². The summed E-state index contributed by atoms with van der Waals surface area (Å²) in [4.78, 5) is 12.9. The normalized spacial score (nSPS) is 15.4. The summed E-state index contributed by atoms with van der Waals surface area (Å²) < 4.78 is 38.5. The molecule has 1 saturated heterocycles. The zero-order valence-electron chi connectivity index (χ0n) is 19.8. The first-order valence-corrected chi connectivity index (χ1v) is 12.9. The van der Waals surface area contributed by atoms with Crippen LogP contribution in [0, 0.1) is 0 Å². The van der Waals surface area contributed by atoms with Crippen molar-refractivity contribution >= 4 is 15.9 Å². The lowest BCUT2D eigenvalue weighted by Gasteiger charge is -2.19. The van der Waals surface area contributed by atoms with Gasteiger partial charge in [0.1, 0.15) is 16.4 Å². The first-order chi connectivity index (χ1) is 15.7. The number of ether oxygens (including phenoxy) is 2. The molecule has 8 heteroatoms. The van der Waals surface area contributed by atoms with Gasteiger partial charge in [-0.3, -0.25) is 4.79 Å². The molecule has 1 atom stereocenters. The Labute approximate surface area is 197 Å². The molecule has 3 rings (SSSR count). The predicted octanol–water partition coefficient (Wildman–Crippen LogP) is 4.02. The molecule has 0 bridgehead atoms. The molecule has 1 N–H and O–H groups in total. The number of amides is 1. The van der Waals surface area contributed by atoms with Gasteiger partial charge in [0.25, 0.3) is 5.91 Å². The lowest BCUT2D eigenvalue weighted by atomic mass is 10.1. The molecule has 33 heavy (non-hydrogen) atoms. The number of rotatable bonds is 10. The van der Waals surface area contributed by atoms with E-state index in [4.69, 9.17) is 9.47 Å². The highest BCUT2D eigenvalue weighted by molar-refractivity contribution is 7.89. The molecule has 0 saturated carbocycles. The molecule has 2 aromatic rings. The lowest BCUT2D eigenvalue weighted by Crippen LogP contribution is -2.33. The molecular formula is C25H34N2O5S. The maximum absolute atomic E-state index is 13.1. The van der Waals surface area contributed by atoms with Gasteiger partial charge in [0, 0.05) is 24.7 Å². The molecule has 0 radical (unpaired) electrons. The SMILES string of the molecule is COc1ccc(C(=O)NC(C)CCc2ccc(OC(C)C)cc2)cc1S(=O)(=O)N1CCCC1. The Morgan fingerprint density at radius 2 is 1.73 bits per heavy atom. The smallest absolute Gasteiger partial charge is 0.251 e. The van der Waals surface area contributed by atoms with E-state index in [1.165, 1.54) is 17.5 Å². The molecular weight excluding hydrogens is 440 g/mol. The summed E-state index contributed by atoms with van der Waals surface area (Å²) in [5.74, 6) is 0.786. The van der Waals surface area contributed by atoms with Crippen LogP contribution in [0.3, 0.4) is 0 Å². The Kier molecular flexibility index (Phi) is 8.37. The number of hydrogen-bond donors (Lipinski definition) is 1. The van der Waals surface area contributed by atoms with Crippen LogP contribution in [0.25, 0.3) is 0 Å². The number of carbonyl (C=O) groups excluding carboxylic acids is 1. The first-order valence-electron chi connectivity index (χ1n) is 11.5. The number of hydrogen-bond acceptors (Lipinski definition) is 5. The molecule has 180 valence electrons. The van der Waals surface area contributed by atoms with E-state index < -0.39 is 10.0 Å². The van der Waals surface area contributed by atoms with Crippen molar-refractivity contribution < 1.29 is 22.7 Å². The van der Waals surface area contributed by atoms with Gasteiger partial charge in [-0.15, -0.1) is 0 Å². The molecule has 1 aliphatic rings. The van der Waals surface area contributed by atoms with Crippen LogP contribution in [0.4, 0.5) is 0 Å². The van der Waals surface area contributed by atoms with Crippen molar-refractivity contribution in [2.45, 2.75) is 63.5 Å². The topological polar surface area (TPSA) is 84.9 Å². The van der Waals surface area contributed by atoms with Crippen molar-refractivity contribution in [3.63, 3.8) is 0 Å². The number of benzene rings is 2. The second kappa shape index (κ2) is 11.0. The van der Waals surface area contributed by atoms with Gasteiger partial charge in [-0.05, 0) is 82.3 Å². The quantitative estimate of drug-likeness (QED) is 0.562. The van der Waals surface area contributed by atoms with E-state index in [2.05, 4.69) is 5.32 Å². The molecule has 1 aliphatic heterocycles. The Balaban J connectivity index is 1.63. The summed E-state index contributed by atoms with van der Waals surface area (Å²) in [5, 5.41) is 2.98. The second-order valence-corrected chi connectivity index (χ2v) is 10.6. The maximum atomic E-state index is 13.1. The van der Waals surface area contributed by atoms with E-state index in [9.17, 15) is 13.2 Å². The highest BCUT2D eigenvalue weighted by Gasteiger charge is 2.30. The highest BCUT2D eigenvalue weighted by Crippen LogP contribution is 2.30. The minimum atomic E-state index is -3.71. The molecule has 1 fully saturated rings. The predicted molar refractivity (Wildman–Crippen MR) is 128 cm³/mol. The summed E-state index contributed by atoms with van der Waals surface area (Å²) in [6.07, 6.45) is 3.38. The fraction of sp³-hybridized carbons (Fsp3) is 0.480. The Morgan fingerprint density at radius 3 is 2.33 bits per heavy atom. The fourth-order valence-electron chi connectivity index (χ4n) is 3.86. The summed E-state index contributed by atoms with van der Waals surface area (Å²) >= 11 is 0. The number of methoxy groups -OCH3 is 1. The van der Waals surface area contributed by atoms with Gasteiger partial charge in [-0.1, -0.05) is 12.1 Å². The average Bonchev–Trinajstić information content (AvgIpc) is 3.34. The van der Waals surface area contributed by atoms with Crippen molar-refractivity contribution in [2.75, 3.05) is 20.2 Å².